The molecule has 306 valence electrons. The first kappa shape index (κ1) is 40.3. The second-order valence-corrected chi connectivity index (χ2v) is 14.8. The van der Waals surface area contributed by atoms with Crippen LogP contribution in [-0.2, 0) is 20.6 Å². The van der Waals surface area contributed by atoms with Crippen LogP contribution in [0.3, 0.4) is 0 Å². The number of carbonyl (C=O) groups excluding carboxylic acids is 4. The molecule has 4 aromatic rings. The average molecular weight is 804 g/mol. The number of carbonyl (C=O) groups is 4. The van der Waals surface area contributed by atoms with E-state index in [2.05, 4.69) is 35.7 Å². The number of Topliss-reactive ketones (excluding diaryl/α,β-unsaturated/α-hetero) is 1. The quantitative estimate of drug-likeness (QED) is 0.136. The first-order valence-corrected chi connectivity index (χ1v) is 19.3. The van der Waals surface area contributed by atoms with Crippen LogP contribution in [0.2, 0.25) is 0 Å². The van der Waals surface area contributed by atoms with Gasteiger partial charge in [-0.05, 0) is 62.4 Å². The molecule has 2 saturated heterocycles. The molecule has 58 heavy (non-hydrogen) atoms. The first-order valence-electron chi connectivity index (χ1n) is 19.3. The van der Waals surface area contributed by atoms with Gasteiger partial charge in [0.2, 0.25) is 17.8 Å². The van der Waals surface area contributed by atoms with Crippen molar-refractivity contribution in [2.75, 3.05) is 56.1 Å². The molecule has 1 unspecified atom stereocenters. The minimum Gasteiger partial charge on any atom is -0.483 e. The molecule has 0 radical (unpaired) electrons. The number of pyridine rings is 2. The van der Waals surface area contributed by atoms with Gasteiger partial charge >= 0.3 is 6.18 Å². The van der Waals surface area contributed by atoms with E-state index < -0.39 is 47.7 Å². The number of benzene rings is 1. The van der Waals surface area contributed by atoms with E-state index in [4.69, 9.17) is 9.72 Å². The molecular formula is C40H44F3N9O6. The summed E-state index contributed by atoms with van der Waals surface area (Å²) in [6, 6.07) is 7.35. The molecule has 5 heterocycles. The largest absolute Gasteiger partial charge is 0.483 e. The van der Waals surface area contributed by atoms with Crippen molar-refractivity contribution >= 4 is 52.0 Å². The van der Waals surface area contributed by atoms with Gasteiger partial charge in [0.05, 0.1) is 23.4 Å². The van der Waals surface area contributed by atoms with E-state index in [1.54, 1.807) is 23.9 Å². The van der Waals surface area contributed by atoms with Crippen molar-refractivity contribution in [3.8, 4) is 5.75 Å². The number of fused-ring (bicyclic) bond motifs is 1. The van der Waals surface area contributed by atoms with E-state index in [9.17, 15) is 37.1 Å². The molecule has 3 aromatic heterocycles. The summed E-state index contributed by atoms with van der Waals surface area (Å²) in [7, 11) is 0. The van der Waals surface area contributed by atoms with E-state index in [0.717, 1.165) is 37.4 Å². The van der Waals surface area contributed by atoms with Gasteiger partial charge in [0.25, 0.3) is 11.5 Å². The predicted molar refractivity (Wildman–Crippen MR) is 207 cm³/mol. The third-order valence-corrected chi connectivity index (χ3v) is 11.0. The summed E-state index contributed by atoms with van der Waals surface area (Å²) in [6.45, 7) is 6.09. The summed E-state index contributed by atoms with van der Waals surface area (Å²) in [6.07, 6.45) is 2.09. The van der Waals surface area contributed by atoms with Crippen molar-refractivity contribution < 1.29 is 37.1 Å². The van der Waals surface area contributed by atoms with Crippen molar-refractivity contribution in [2.45, 2.75) is 70.5 Å². The zero-order chi connectivity index (χ0) is 41.1. The molecule has 3 aliphatic rings. The summed E-state index contributed by atoms with van der Waals surface area (Å²) in [4.78, 5) is 80.5. The molecule has 0 bridgehead atoms. The van der Waals surface area contributed by atoms with Crippen LogP contribution >= 0.6 is 0 Å². The molecule has 3 fully saturated rings. The van der Waals surface area contributed by atoms with Crippen LogP contribution in [0, 0.1) is 6.92 Å². The lowest BCUT2D eigenvalue weighted by atomic mass is 9.87. The van der Waals surface area contributed by atoms with Gasteiger partial charge in [-0.1, -0.05) is 25.0 Å². The number of anilines is 3. The minimum absolute atomic E-state index is 0.0312. The molecular weight excluding hydrogens is 759 g/mol. The fourth-order valence-electron chi connectivity index (χ4n) is 8.10. The second kappa shape index (κ2) is 16.9. The molecule has 7 rings (SSSR count). The summed E-state index contributed by atoms with van der Waals surface area (Å²) in [5, 5.41) is 8.59. The Hall–Kier alpha value is -5.91. The van der Waals surface area contributed by atoms with E-state index in [1.165, 1.54) is 19.1 Å². The fraction of sp³-hybridized carbons (Fsp3) is 0.450. The number of rotatable bonds is 12. The van der Waals surface area contributed by atoms with Crippen LogP contribution in [0.5, 0.6) is 5.75 Å². The lowest BCUT2D eigenvalue weighted by Gasteiger charge is -2.36. The van der Waals surface area contributed by atoms with Crippen LogP contribution in [-0.4, -0.2) is 93.8 Å². The zero-order valence-corrected chi connectivity index (χ0v) is 32.2. The third-order valence-electron chi connectivity index (χ3n) is 11.0. The maximum absolute atomic E-state index is 14.2. The Morgan fingerprint density at radius 2 is 1.74 bits per heavy atom. The smallest absolute Gasteiger partial charge is 0.420 e. The van der Waals surface area contributed by atoms with E-state index in [-0.39, 0.29) is 53.8 Å². The lowest BCUT2D eigenvalue weighted by Crippen LogP contribution is -2.48. The highest BCUT2D eigenvalue weighted by Crippen LogP contribution is 2.43. The van der Waals surface area contributed by atoms with Crippen molar-refractivity contribution in [3.05, 3.63) is 75.3 Å². The number of amides is 3. The van der Waals surface area contributed by atoms with Gasteiger partial charge in [-0.15, -0.1) is 0 Å². The lowest BCUT2D eigenvalue weighted by molar-refractivity contribution is -0.141. The predicted octanol–water partition coefficient (Wildman–Crippen LogP) is 4.41. The number of hydrogen-bond donors (Lipinski definition) is 3. The Balaban J connectivity index is 0.898. The van der Waals surface area contributed by atoms with E-state index in [1.807, 2.05) is 12.1 Å². The molecule has 1 aromatic carbocycles. The number of nitrogens with zero attached hydrogens (tertiary/aromatic N) is 6. The SMILES string of the molecule is CC(=O)c1c(C)c2cnc(Nc3ccc(N4CCN(CCNC(=O)COc5cccc(C6CCC(=O)NC6=O)c5C(F)(F)F)CC4)cn3)nc2n(C2CCCC2)c1=O. The normalized spacial score (nSPS) is 18.0. The molecule has 15 nitrogen and oxygen atoms in total. The average Bonchev–Trinajstić information content (AvgIpc) is 3.72. The number of piperidine rings is 1. The topological polar surface area (TPSA) is 181 Å². The maximum atomic E-state index is 14.2. The van der Waals surface area contributed by atoms with Gasteiger partial charge < -0.3 is 20.3 Å². The number of ketones is 1. The van der Waals surface area contributed by atoms with E-state index in [0.29, 0.717) is 55.1 Å². The zero-order valence-electron chi connectivity index (χ0n) is 32.2. The van der Waals surface area contributed by atoms with Crippen molar-refractivity contribution in [3.63, 3.8) is 0 Å². The monoisotopic (exact) mass is 803 g/mol. The summed E-state index contributed by atoms with van der Waals surface area (Å²) < 4.78 is 49.5. The number of aryl methyl sites for hydroxylation is 1. The van der Waals surface area contributed by atoms with Crippen LogP contribution in [0.4, 0.5) is 30.6 Å². The summed E-state index contributed by atoms with van der Waals surface area (Å²) >= 11 is 0. The molecule has 3 amide bonds. The van der Waals surface area contributed by atoms with E-state index >= 15 is 0 Å². The number of aromatic nitrogens is 4. The standard InChI is InChI=1S/C40H44F3N9O6/c1-23-29-21-46-39(49-36(29)52(25-6-3-4-7-25)38(57)34(23)24(2)53)47-31-12-10-26(20-45-31)51-18-16-50(17-19-51)15-14-44-33(55)22-58-30-9-5-8-27(35(30)40(41,42)43)28-11-13-32(54)48-37(28)56/h5,8-10,12,20-21,25,28H,3-4,6-7,11,13-19,22H2,1-2H3,(H,44,55)(H,48,54,56)(H,45,46,47,49). The van der Waals surface area contributed by atoms with Gasteiger partial charge in [-0.3, -0.25) is 38.8 Å². The van der Waals surface area contributed by atoms with Crippen molar-refractivity contribution in [1.82, 2.24) is 35.1 Å². The maximum Gasteiger partial charge on any atom is 0.420 e. The number of imide groups is 1. The highest BCUT2D eigenvalue weighted by Gasteiger charge is 2.41. The molecule has 18 heteroatoms. The van der Waals surface area contributed by atoms with Crippen molar-refractivity contribution in [2.24, 2.45) is 0 Å². The number of halogens is 3. The first-order chi connectivity index (χ1) is 27.8. The molecule has 1 aliphatic carbocycles. The number of piperazine rings is 1. The third kappa shape index (κ3) is 8.66. The Morgan fingerprint density at radius 1 is 0.983 bits per heavy atom. The Bertz CT molecular complexity index is 2290. The minimum atomic E-state index is -4.86. The Morgan fingerprint density at radius 3 is 2.41 bits per heavy atom. The summed E-state index contributed by atoms with van der Waals surface area (Å²) in [5.41, 5.74) is 0.407. The number of nitrogens with one attached hydrogen (secondary N) is 3. The highest BCUT2D eigenvalue weighted by atomic mass is 19.4. The van der Waals surface area contributed by atoms with Crippen LogP contribution in [0.1, 0.15) is 84.5 Å². The Labute approximate surface area is 331 Å². The summed E-state index contributed by atoms with van der Waals surface area (Å²) in [5.74, 6) is -3.14. The molecule has 0 spiro atoms. The van der Waals surface area contributed by atoms with Gasteiger partial charge in [-0.25, -0.2) is 9.97 Å². The second-order valence-electron chi connectivity index (χ2n) is 14.8. The van der Waals surface area contributed by atoms with Gasteiger partial charge in [0.1, 0.15) is 22.8 Å². The van der Waals surface area contributed by atoms with Gasteiger partial charge in [0.15, 0.2) is 12.4 Å². The number of hydrogen-bond acceptors (Lipinski definition) is 12. The fourth-order valence-corrected chi connectivity index (χ4v) is 8.10. The number of alkyl halides is 3. The van der Waals surface area contributed by atoms with Gasteiger partial charge in [-0.2, -0.15) is 18.2 Å². The van der Waals surface area contributed by atoms with Crippen LogP contribution in [0.25, 0.3) is 11.0 Å². The Kier molecular flexibility index (Phi) is 11.7. The highest BCUT2D eigenvalue weighted by molar-refractivity contribution is 6.01. The van der Waals surface area contributed by atoms with Gasteiger partial charge in [0, 0.05) is 63.3 Å². The molecule has 3 N–H and O–H groups in total. The molecule has 1 atom stereocenters. The molecule has 2 aliphatic heterocycles. The number of ether oxygens (including phenoxy) is 1. The van der Waals surface area contributed by atoms with Crippen LogP contribution in [0.15, 0.2) is 47.5 Å². The van der Waals surface area contributed by atoms with Crippen molar-refractivity contribution in [1.29, 1.82) is 0 Å². The molecule has 1 saturated carbocycles. The van der Waals surface area contributed by atoms with Crippen LogP contribution < -0.4 is 31.1 Å².